The minimum atomic E-state index is -1.35. The molecule has 66 heavy (non-hydrogen) atoms. The van der Waals surface area contributed by atoms with Crippen LogP contribution >= 0.6 is 90.4 Å². The first kappa shape index (κ1) is 54.9. The molecule has 2 aliphatic carbocycles. The summed E-state index contributed by atoms with van der Waals surface area (Å²) in [4.78, 5) is 58.4. The van der Waals surface area contributed by atoms with E-state index >= 15 is 0 Å². The van der Waals surface area contributed by atoms with Gasteiger partial charge in [0.25, 0.3) is 11.8 Å². The Hall–Kier alpha value is -2.01. The van der Waals surface area contributed by atoms with Gasteiger partial charge in [-0.2, -0.15) is 0 Å². The average molecular weight is 1330 g/mol. The number of carboxylic acids is 2. The van der Waals surface area contributed by atoms with Crippen molar-refractivity contribution >= 4 is 125 Å². The maximum absolute atomic E-state index is 12.7. The smallest absolute Gasteiger partial charge is 0.548 e. The summed E-state index contributed by atoms with van der Waals surface area (Å²) in [6.07, 6.45) is 5.43. The van der Waals surface area contributed by atoms with Crippen LogP contribution in [0.15, 0.2) is 72.8 Å². The Bertz CT molecular complexity index is 2140. The molecule has 2 heterocycles. The standard InChI is InChI=1S/2C23H25I2N3O4.2Li/c2*24-18-11-14(12-19(25)21(18)29)13-20(23(31)32)26-22(30)15-1-3-16(4-2-15)27-7-9-28(10-8-27)17-5-6-17;;/h2*1-4,11-12,17,20,29H,5-10,13H2,(H,26,30)(H,31,32);;/q;;2*+1/p-2. The van der Waals surface area contributed by atoms with Crippen molar-refractivity contribution in [2.24, 2.45) is 0 Å². The normalized spacial score (nSPS) is 17.2. The van der Waals surface area contributed by atoms with Crippen LogP contribution in [0, 0.1) is 14.3 Å². The van der Waals surface area contributed by atoms with Gasteiger partial charge in [-0.15, -0.1) is 0 Å². The molecule has 4 aromatic carbocycles. The van der Waals surface area contributed by atoms with E-state index in [1.54, 1.807) is 48.5 Å². The third-order valence-corrected chi connectivity index (χ3v) is 15.2. The van der Waals surface area contributed by atoms with Crippen LogP contribution in [0.4, 0.5) is 11.4 Å². The zero-order valence-corrected chi connectivity index (χ0v) is 45.4. The number of amides is 2. The van der Waals surface area contributed by atoms with Crippen molar-refractivity contribution in [2.45, 2.75) is 62.7 Å². The van der Waals surface area contributed by atoms with Gasteiger partial charge in [0.15, 0.2) is 0 Å². The Morgan fingerprint density at radius 2 is 0.818 bits per heavy atom. The summed E-state index contributed by atoms with van der Waals surface area (Å²) in [7, 11) is 0. The predicted octanol–water partition coefficient (Wildman–Crippen LogP) is -2.04. The van der Waals surface area contributed by atoms with Crippen LogP contribution < -0.4 is 68.4 Å². The molecule has 14 nitrogen and oxygen atoms in total. The molecule has 0 bridgehead atoms. The van der Waals surface area contributed by atoms with E-state index in [-0.39, 0.29) is 62.1 Å². The van der Waals surface area contributed by atoms with Crippen LogP contribution in [0.3, 0.4) is 0 Å². The molecule has 2 atom stereocenters. The number of carbonyl (C=O) groups excluding carboxylic acids is 4. The SMILES string of the molecule is O=C(NC(Cc1cc(I)c(O)c(I)c1)C(=O)[O-])c1ccc(N2CCN(C3CC3)CC2)cc1.O=C(NC(Cc1cc(I)c(O)c(I)c1)C(=O)[O-])c1ccc(N2CCN(C3CC3)CC2)cc1.[Li+].[Li+]. The topological polar surface area (TPSA) is 192 Å². The summed E-state index contributed by atoms with van der Waals surface area (Å²) in [5.41, 5.74) is 4.36. The van der Waals surface area contributed by atoms with Gasteiger partial charge in [-0.25, -0.2) is 0 Å². The fourth-order valence-corrected chi connectivity index (χ4v) is 11.8. The Labute approximate surface area is 463 Å². The summed E-state index contributed by atoms with van der Waals surface area (Å²) in [5.74, 6) is -3.26. The summed E-state index contributed by atoms with van der Waals surface area (Å²) in [6, 6.07) is 20.7. The Kier molecular flexibility index (Phi) is 21.0. The second-order valence-electron chi connectivity index (χ2n) is 16.5. The fourth-order valence-electron chi connectivity index (χ4n) is 8.03. The zero-order valence-electron chi connectivity index (χ0n) is 36.8. The molecular weight excluding hydrogens is 1290 g/mol. The number of hydrogen-bond donors (Lipinski definition) is 4. The van der Waals surface area contributed by atoms with Gasteiger partial charge in [0.2, 0.25) is 0 Å². The number of nitrogens with one attached hydrogen (secondary N) is 2. The van der Waals surface area contributed by atoms with Gasteiger partial charge in [-0.3, -0.25) is 19.4 Å². The van der Waals surface area contributed by atoms with Crippen molar-refractivity contribution in [2.75, 3.05) is 62.2 Å². The maximum atomic E-state index is 12.7. The molecule has 2 aliphatic heterocycles. The van der Waals surface area contributed by atoms with E-state index in [0.29, 0.717) is 36.5 Å². The van der Waals surface area contributed by atoms with E-state index < -0.39 is 35.8 Å². The van der Waals surface area contributed by atoms with Crippen molar-refractivity contribution in [3.05, 3.63) is 109 Å². The minimum Gasteiger partial charge on any atom is -0.548 e. The quantitative estimate of drug-likeness (QED) is 0.0802. The number of anilines is 2. The molecule has 2 saturated heterocycles. The molecule has 4 N–H and O–H groups in total. The molecule has 0 aromatic heterocycles. The van der Waals surface area contributed by atoms with E-state index in [1.807, 2.05) is 115 Å². The Morgan fingerprint density at radius 1 is 0.530 bits per heavy atom. The van der Waals surface area contributed by atoms with Crippen LogP contribution in [-0.2, 0) is 22.4 Å². The van der Waals surface area contributed by atoms with Crippen molar-refractivity contribution in [3.8, 4) is 11.5 Å². The number of halogens is 4. The number of aliphatic carboxylic acids is 2. The van der Waals surface area contributed by atoms with Gasteiger partial charge in [-0.1, -0.05) is 0 Å². The number of benzene rings is 4. The van der Waals surface area contributed by atoms with Gasteiger partial charge >= 0.3 is 37.7 Å². The summed E-state index contributed by atoms with van der Waals surface area (Å²) >= 11 is 7.96. The number of piperazine rings is 2. The molecule has 2 amide bonds. The second kappa shape index (κ2) is 25.2. The van der Waals surface area contributed by atoms with Gasteiger partial charge < -0.3 is 50.4 Å². The van der Waals surface area contributed by atoms with Crippen LogP contribution in [0.25, 0.3) is 0 Å². The first-order valence-electron chi connectivity index (χ1n) is 21.2. The Morgan fingerprint density at radius 3 is 1.08 bits per heavy atom. The average Bonchev–Trinajstić information content (AvgIpc) is 4.23. The molecule has 0 radical (unpaired) electrons. The number of carbonyl (C=O) groups is 4. The molecule has 4 aromatic rings. The molecule has 340 valence electrons. The van der Waals surface area contributed by atoms with E-state index in [1.165, 1.54) is 25.7 Å². The second-order valence-corrected chi connectivity index (χ2v) is 21.2. The largest absolute Gasteiger partial charge is 1.00 e. The van der Waals surface area contributed by atoms with E-state index in [9.17, 15) is 39.6 Å². The van der Waals surface area contributed by atoms with E-state index in [0.717, 1.165) is 75.8 Å². The first-order valence-corrected chi connectivity index (χ1v) is 25.5. The van der Waals surface area contributed by atoms with E-state index in [2.05, 4.69) is 30.2 Å². The van der Waals surface area contributed by atoms with Crippen LogP contribution in [0.1, 0.15) is 57.5 Å². The zero-order chi connectivity index (χ0) is 45.7. The summed E-state index contributed by atoms with van der Waals surface area (Å²) in [6.45, 7) is 8.14. The van der Waals surface area contributed by atoms with Crippen molar-refractivity contribution < 1.29 is 77.3 Å². The number of nitrogens with zero attached hydrogens (tertiary/aromatic N) is 4. The number of aromatic hydroxyl groups is 2. The molecule has 20 heteroatoms. The number of carboxylic acid groups (broad SMARTS) is 2. The van der Waals surface area contributed by atoms with Gasteiger partial charge in [0.05, 0.1) is 38.3 Å². The summed E-state index contributed by atoms with van der Waals surface area (Å²) < 4.78 is 2.51. The van der Waals surface area contributed by atoms with Crippen molar-refractivity contribution in [1.82, 2.24) is 20.4 Å². The monoisotopic (exact) mass is 1330 g/mol. The van der Waals surface area contributed by atoms with E-state index in [4.69, 9.17) is 0 Å². The number of phenols is 2. The maximum Gasteiger partial charge on any atom is 1.00 e. The minimum absolute atomic E-state index is 0. The fraction of sp³-hybridized carbons (Fsp3) is 0.391. The molecule has 0 spiro atoms. The number of rotatable bonds is 14. The molecule has 8 rings (SSSR count). The molecule has 2 unspecified atom stereocenters. The molecule has 2 saturated carbocycles. The first-order chi connectivity index (χ1) is 30.6. The third-order valence-electron chi connectivity index (χ3n) is 12.0. The predicted molar refractivity (Wildman–Crippen MR) is 274 cm³/mol. The van der Waals surface area contributed by atoms with Crippen LogP contribution in [0.2, 0.25) is 0 Å². The van der Waals surface area contributed by atoms with Crippen molar-refractivity contribution in [3.63, 3.8) is 0 Å². The summed E-state index contributed by atoms with van der Waals surface area (Å²) in [5, 5.41) is 48.3. The van der Waals surface area contributed by atoms with Crippen molar-refractivity contribution in [1.29, 1.82) is 0 Å². The van der Waals surface area contributed by atoms with Crippen LogP contribution in [0.5, 0.6) is 11.5 Å². The van der Waals surface area contributed by atoms with Gasteiger partial charge in [-0.05, 0) is 213 Å². The molecule has 4 aliphatic rings. The van der Waals surface area contributed by atoms with Gasteiger partial charge in [0, 0.05) is 86.9 Å². The number of phenolic OH excluding ortho intramolecular Hbond substituents is 2. The van der Waals surface area contributed by atoms with Gasteiger partial charge in [0.1, 0.15) is 11.5 Å². The number of hydrogen-bond acceptors (Lipinski definition) is 12. The Balaban J connectivity index is 0.000000240. The third kappa shape index (κ3) is 15.0. The molecular formula is C46H48I4Li2N6O8. The van der Waals surface area contributed by atoms with Crippen LogP contribution in [-0.4, -0.2) is 120 Å². The molecule has 4 fully saturated rings.